The van der Waals surface area contributed by atoms with Gasteiger partial charge in [0.25, 0.3) is 15.9 Å². The van der Waals surface area contributed by atoms with Crippen LogP contribution in [0.5, 0.6) is 5.75 Å². The summed E-state index contributed by atoms with van der Waals surface area (Å²) in [6, 6.07) is 12.5. The lowest BCUT2D eigenvalue weighted by Gasteiger charge is -2.23. The number of carbonyl (C=O) groups excluding carboxylic acids is 1. The van der Waals surface area contributed by atoms with Gasteiger partial charge in [0.2, 0.25) is 0 Å². The van der Waals surface area contributed by atoms with Crippen molar-refractivity contribution in [2.75, 3.05) is 25.4 Å². The minimum atomic E-state index is -4.15. The van der Waals surface area contributed by atoms with Crippen molar-refractivity contribution < 1.29 is 23.2 Å². The van der Waals surface area contributed by atoms with Gasteiger partial charge in [-0.1, -0.05) is 6.07 Å². The maximum atomic E-state index is 12.6. The lowest BCUT2D eigenvalue weighted by molar-refractivity contribution is -0.386. The van der Waals surface area contributed by atoms with Crippen molar-refractivity contribution in [3.8, 4) is 5.75 Å². The van der Waals surface area contributed by atoms with Crippen LogP contribution in [0.1, 0.15) is 21.3 Å². The molecule has 1 amide bonds. The first-order valence-corrected chi connectivity index (χ1v) is 12.0. The summed E-state index contributed by atoms with van der Waals surface area (Å²) in [5.41, 5.74) is -0.197. The van der Waals surface area contributed by atoms with Crippen LogP contribution in [0.25, 0.3) is 0 Å². The minimum absolute atomic E-state index is 0.0226. The Labute approximate surface area is 194 Å². The van der Waals surface area contributed by atoms with Crippen LogP contribution < -0.4 is 10.0 Å². The number of nitro groups is 1. The maximum Gasteiger partial charge on any atom is 0.312 e. The molecule has 174 valence electrons. The molecule has 33 heavy (non-hydrogen) atoms. The first-order valence-electron chi connectivity index (χ1n) is 9.67. The van der Waals surface area contributed by atoms with Crippen molar-refractivity contribution in [2.45, 2.75) is 10.9 Å². The summed E-state index contributed by atoms with van der Waals surface area (Å²) in [6.07, 6.45) is 0. The molecular weight excluding hydrogens is 468 g/mol. The molecule has 0 aliphatic carbocycles. The molecule has 2 aromatic carbocycles. The molecule has 0 saturated carbocycles. The molecule has 0 fully saturated rings. The molecule has 0 spiro atoms. The van der Waals surface area contributed by atoms with E-state index in [1.165, 1.54) is 24.3 Å². The van der Waals surface area contributed by atoms with Crippen molar-refractivity contribution in [1.82, 2.24) is 10.2 Å². The van der Waals surface area contributed by atoms with Crippen LogP contribution in [-0.4, -0.2) is 49.9 Å². The van der Waals surface area contributed by atoms with Gasteiger partial charge in [-0.15, -0.1) is 11.3 Å². The number of hydrogen-bond acceptors (Lipinski definition) is 8. The molecule has 1 atom stereocenters. The fraction of sp³-hybridized carbons (Fsp3) is 0.190. The predicted octanol–water partition coefficient (Wildman–Crippen LogP) is 3.20. The van der Waals surface area contributed by atoms with E-state index in [1.807, 2.05) is 36.5 Å². The third-order valence-corrected chi connectivity index (χ3v) is 7.16. The van der Waals surface area contributed by atoms with Crippen molar-refractivity contribution in [3.63, 3.8) is 0 Å². The second-order valence-electron chi connectivity index (χ2n) is 7.30. The SMILES string of the molecule is CN(C)C(CNC(=O)c1ccc(NS(=O)(=O)c2ccc(O)c([N+](=O)[O-])c2)cc1)c1cccs1. The quantitative estimate of drug-likeness (QED) is 0.309. The number of amides is 1. The molecule has 3 rings (SSSR count). The highest BCUT2D eigenvalue weighted by Crippen LogP contribution is 2.29. The summed E-state index contributed by atoms with van der Waals surface area (Å²) in [5, 5.41) is 25.3. The summed E-state index contributed by atoms with van der Waals surface area (Å²) in [6.45, 7) is 0.403. The van der Waals surface area contributed by atoms with Crippen molar-refractivity contribution in [1.29, 1.82) is 0 Å². The number of hydrogen-bond donors (Lipinski definition) is 3. The molecule has 10 nitrogen and oxygen atoms in total. The van der Waals surface area contributed by atoms with E-state index >= 15 is 0 Å². The standard InChI is InChI=1S/C21H22N4O6S2/c1-24(2)18(20-4-3-11-32-20)13-22-21(27)14-5-7-15(8-6-14)23-33(30,31)16-9-10-19(26)17(12-16)25(28)29/h3-12,18,23,26H,13H2,1-2H3,(H,22,27). The van der Waals surface area contributed by atoms with Gasteiger partial charge in [0.15, 0.2) is 5.75 Å². The molecule has 3 aromatic rings. The lowest BCUT2D eigenvalue weighted by atomic mass is 10.1. The number of phenols is 1. The monoisotopic (exact) mass is 490 g/mol. The Bertz CT molecular complexity index is 1240. The molecule has 0 saturated heterocycles. The normalized spacial score (nSPS) is 12.3. The Morgan fingerprint density at radius 2 is 1.88 bits per heavy atom. The number of rotatable bonds is 9. The van der Waals surface area contributed by atoms with Gasteiger partial charge in [-0.3, -0.25) is 19.6 Å². The first-order chi connectivity index (χ1) is 15.6. The van der Waals surface area contributed by atoms with Gasteiger partial charge in [-0.25, -0.2) is 8.42 Å². The molecule has 1 aromatic heterocycles. The number of thiophene rings is 1. The molecule has 0 aliphatic rings. The summed E-state index contributed by atoms with van der Waals surface area (Å²) < 4.78 is 27.4. The molecular formula is C21H22N4O6S2. The minimum Gasteiger partial charge on any atom is -0.502 e. The molecule has 0 aliphatic heterocycles. The molecule has 3 N–H and O–H groups in total. The zero-order valence-electron chi connectivity index (χ0n) is 17.8. The highest BCUT2D eigenvalue weighted by molar-refractivity contribution is 7.92. The van der Waals surface area contributed by atoms with Crippen LogP contribution in [-0.2, 0) is 10.0 Å². The van der Waals surface area contributed by atoms with Crippen LogP contribution in [0, 0.1) is 10.1 Å². The smallest absolute Gasteiger partial charge is 0.312 e. The third kappa shape index (κ3) is 5.86. The number of carbonyl (C=O) groups is 1. The number of nitro benzene ring substituents is 1. The number of phenolic OH excluding ortho intramolecular Hbond substituents is 1. The first kappa shape index (κ1) is 24.2. The highest BCUT2D eigenvalue weighted by atomic mass is 32.2. The molecule has 12 heteroatoms. The Hall–Kier alpha value is -3.48. The van der Waals surface area contributed by atoms with E-state index in [0.717, 1.165) is 23.1 Å². The van der Waals surface area contributed by atoms with Gasteiger partial charge in [0, 0.05) is 28.7 Å². The van der Waals surface area contributed by atoms with Gasteiger partial charge in [-0.05, 0) is 61.9 Å². The van der Waals surface area contributed by atoms with E-state index in [2.05, 4.69) is 10.0 Å². The Morgan fingerprint density at radius 1 is 1.18 bits per heavy atom. The number of aromatic hydroxyl groups is 1. The summed E-state index contributed by atoms with van der Waals surface area (Å²) in [7, 11) is -0.284. The molecule has 0 radical (unpaired) electrons. The topological polar surface area (TPSA) is 142 Å². The number of anilines is 1. The molecule has 1 unspecified atom stereocenters. The Kier molecular flexibility index (Phi) is 7.31. The van der Waals surface area contributed by atoms with Crippen molar-refractivity contribution in [3.05, 3.63) is 80.5 Å². The van der Waals surface area contributed by atoms with Crippen LogP contribution in [0.2, 0.25) is 0 Å². The number of likely N-dealkylation sites (N-methyl/N-ethyl adjacent to an activating group) is 1. The van der Waals surface area contributed by atoms with Crippen LogP contribution in [0.4, 0.5) is 11.4 Å². The van der Waals surface area contributed by atoms with Crippen LogP contribution in [0.3, 0.4) is 0 Å². The number of sulfonamides is 1. The summed E-state index contributed by atoms with van der Waals surface area (Å²) >= 11 is 1.61. The number of benzene rings is 2. The van der Waals surface area contributed by atoms with Crippen molar-refractivity contribution in [2.24, 2.45) is 0 Å². The molecule has 0 bridgehead atoms. The average Bonchev–Trinajstić information content (AvgIpc) is 3.28. The van der Waals surface area contributed by atoms with Gasteiger partial charge in [-0.2, -0.15) is 0 Å². The van der Waals surface area contributed by atoms with Gasteiger partial charge in [0.1, 0.15) is 0 Å². The van der Waals surface area contributed by atoms with Crippen LogP contribution in [0.15, 0.2) is 64.9 Å². The second-order valence-corrected chi connectivity index (χ2v) is 9.96. The second kappa shape index (κ2) is 9.98. The fourth-order valence-electron chi connectivity index (χ4n) is 3.03. The van der Waals surface area contributed by atoms with E-state index in [9.17, 15) is 28.4 Å². The predicted molar refractivity (Wildman–Crippen MR) is 125 cm³/mol. The summed E-state index contributed by atoms with van der Waals surface area (Å²) in [4.78, 5) is 25.4. The van der Waals surface area contributed by atoms with Gasteiger partial charge < -0.3 is 15.3 Å². The fourth-order valence-corrected chi connectivity index (χ4v) is 5.03. The Morgan fingerprint density at radius 3 is 2.45 bits per heavy atom. The van der Waals surface area contributed by atoms with Crippen molar-refractivity contribution >= 4 is 38.6 Å². The van der Waals surface area contributed by atoms with E-state index in [0.29, 0.717) is 12.1 Å². The molecule has 1 heterocycles. The summed E-state index contributed by atoms with van der Waals surface area (Å²) in [5.74, 6) is -0.938. The third-order valence-electron chi connectivity index (χ3n) is 4.80. The van der Waals surface area contributed by atoms with Crippen LogP contribution >= 0.6 is 11.3 Å². The highest BCUT2D eigenvalue weighted by Gasteiger charge is 2.22. The largest absolute Gasteiger partial charge is 0.502 e. The van der Waals surface area contributed by atoms with E-state index in [1.54, 1.807) is 11.3 Å². The zero-order chi connectivity index (χ0) is 24.2. The number of nitrogens with zero attached hydrogens (tertiary/aromatic N) is 2. The lowest BCUT2D eigenvalue weighted by Crippen LogP contribution is -2.34. The average molecular weight is 491 g/mol. The van der Waals surface area contributed by atoms with Gasteiger partial charge in [0.05, 0.1) is 15.9 Å². The van der Waals surface area contributed by atoms with E-state index in [4.69, 9.17) is 0 Å². The van der Waals surface area contributed by atoms with Gasteiger partial charge >= 0.3 is 5.69 Å². The zero-order valence-corrected chi connectivity index (χ0v) is 19.4. The number of nitrogens with one attached hydrogen (secondary N) is 2. The van der Waals surface area contributed by atoms with E-state index in [-0.39, 0.29) is 22.5 Å². The van der Waals surface area contributed by atoms with E-state index < -0.39 is 26.4 Å². The maximum absolute atomic E-state index is 12.6. The Balaban J connectivity index is 1.68.